The minimum atomic E-state index is -4.26. The lowest BCUT2D eigenvalue weighted by Crippen LogP contribution is -2.45. The van der Waals surface area contributed by atoms with Crippen LogP contribution in [0.4, 0.5) is 13.2 Å². The number of hydrogen-bond acceptors (Lipinski definition) is 3. The second-order valence-electron chi connectivity index (χ2n) is 5.10. The number of aliphatic hydroxyl groups is 1. The van der Waals surface area contributed by atoms with Gasteiger partial charge in [-0.2, -0.15) is 13.2 Å². The average Bonchev–Trinajstić information content (AvgIpc) is 2.59. The van der Waals surface area contributed by atoms with Crippen molar-refractivity contribution in [1.29, 1.82) is 0 Å². The summed E-state index contributed by atoms with van der Waals surface area (Å²) in [6.45, 7) is -0.270. The molecule has 1 aliphatic rings. The fraction of sp³-hybridized carbons (Fsp3) is 1.00. The van der Waals surface area contributed by atoms with E-state index in [9.17, 15) is 18.3 Å². The first-order valence-corrected chi connectivity index (χ1v) is 5.94. The molecule has 0 saturated heterocycles. The number of alkyl halides is 3. The Balaban J connectivity index is 2.45. The smallest absolute Gasteiger partial charge is 0.389 e. The molecule has 0 radical (unpaired) electrons. The monoisotopic (exact) mass is 254 g/mol. The maximum Gasteiger partial charge on any atom is 0.394 e. The van der Waals surface area contributed by atoms with Crippen molar-refractivity contribution < 1.29 is 18.3 Å². The molecule has 17 heavy (non-hydrogen) atoms. The summed E-state index contributed by atoms with van der Waals surface area (Å²) in [5.74, 6) is -1.52. The van der Waals surface area contributed by atoms with Crippen molar-refractivity contribution in [3.05, 3.63) is 0 Å². The van der Waals surface area contributed by atoms with E-state index in [1.165, 1.54) is 4.90 Å². The van der Waals surface area contributed by atoms with E-state index in [1.807, 2.05) is 0 Å². The number of likely N-dealkylation sites (N-methyl/N-ethyl adjacent to an activating group) is 1. The molecule has 0 aromatic carbocycles. The number of hydrogen-bond donors (Lipinski definition) is 2. The third-order valence-electron chi connectivity index (χ3n) is 3.38. The van der Waals surface area contributed by atoms with Gasteiger partial charge in [0.15, 0.2) is 0 Å². The molecule has 1 rings (SSSR count). The van der Waals surface area contributed by atoms with Gasteiger partial charge in [0.25, 0.3) is 0 Å². The largest absolute Gasteiger partial charge is 0.394 e. The molecule has 1 saturated carbocycles. The van der Waals surface area contributed by atoms with E-state index in [0.717, 1.165) is 12.8 Å². The third kappa shape index (κ3) is 4.44. The minimum absolute atomic E-state index is 0.150. The van der Waals surface area contributed by atoms with Crippen molar-refractivity contribution >= 4 is 0 Å². The number of nitrogens with two attached hydrogens (primary N) is 1. The Morgan fingerprint density at radius 3 is 2.29 bits per heavy atom. The molecule has 3 nitrogen and oxygen atoms in total. The maximum atomic E-state index is 12.5. The van der Waals surface area contributed by atoms with Crippen molar-refractivity contribution in [2.45, 2.75) is 37.5 Å². The van der Waals surface area contributed by atoms with Crippen molar-refractivity contribution in [3.63, 3.8) is 0 Å². The molecule has 1 aliphatic carbocycles. The summed E-state index contributed by atoms with van der Waals surface area (Å²) in [5, 5.41) is 10.1. The summed E-state index contributed by atoms with van der Waals surface area (Å²) in [7, 11) is 1.60. The van der Waals surface area contributed by atoms with E-state index in [0.29, 0.717) is 19.4 Å². The van der Waals surface area contributed by atoms with E-state index >= 15 is 0 Å². The van der Waals surface area contributed by atoms with Crippen LogP contribution in [0.5, 0.6) is 0 Å². The second-order valence-corrected chi connectivity index (χ2v) is 5.10. The van der Waals surface area contributed by atoms with E-state index in [1.54, 1.807) is 7.05 Å². The number of rotatable bonds is 5. The first-order valence-electron chi connectivity index (χ1n) is 5.94. The minimum Gasteiger partial charge on any atom is -0.389 e. The van der Waals surface area contributed by atoms with Gasteiger partial charge < -0.3 is 15.7 Å². The van der Waals surface area contributed by atoms with Crippen LogP contribution in [0.2, 0.25) is 0 Å². The van der Waals surface area contributed by atoms with E-state index in [2.05, 4.69) is 0 Å². The quantitative estimate of drug-likeness (QED) is 0.779. The molecule has 0 bridgehead atoms. The van der Waals surface area contributed by atoms with Gasteiger partial charge in [-0.3, -0.25) is 0 Å². The Morgan fingerprint density at radius 1 is 1.35 bits per heavy atom. The van der Waals surface area contributed by atoms with Crippen molar-refractivity contribution in [1.82, 2.24) is 4.90 Å². The molecular formula is C11H21F3N2O. The van der Waals surface area contributed by atoms with Crippen LogP contribution in [0.1, 0.15) is 25.7 Å². The summed E-state index contributed by atoms with van der Waals surface area (Å²) in [6.07, 6.45) is -1.01. The lowest BCUT2D eigenvalue weighted by Gasteiger charge is -2.31. The number of halogens is 3. The van der Waals surface area contributed by atoms with Crippen LogP contribution in [0.3, 0.4) is 0 Å². The second kappa shape index (κ2) is 5.54. The van der Waals surface area contributed by atoms with Gasteiger partial charge in [-0.05, 0) is 19.9 Å². The van der Waals surface area contributed by atoms with Gasteiger partial charge in [0.1, 0.15) is 0 Å². The molecule has 3 N–H and O–H groups in total. The molecule has 0 spiro atoms. The average molecular weight is 254 g/mol. The molecular weight excluding hydrogens is 233 g/mol. The Labute approximate surface area is 99.8 Å². The summed E-state index contributed by atoms with van der Waals surface area (Å²) < 4.78 is 37.6. The molecule has 1 atom stereocenters. The van der Waals surface area contributed by atoms with E-state index < -0.39 is 24.2 Å². The summed E-state index contributed by atoms with van der Waals surface area (Å²) in [4.78, 5) is 1.54. The zero-order valence-corrected chi connectivity index (χ0v) is 10.1. The molecule has 0 aromatic rings. The van der Waals surface area contributed by atoms with Crippen LogP contribution in [0, 0.1) is 5.92 Å². The van der Waals surface area contributed by atoms with Gasteiger partial charge in [-0.15, -0.1) is 0 Å². The van der Waals surface area contributed by atoms with Gasteiger partial charge in [0.05, 0.1) is 11.5 Å². The highest BCUT2D eigenvalue weighted by atomic mass is 19.4. The van der Waals surface area contributed by atoms with E-state index in [-0.39, 0.29) is 6.54 Å². The van der Waals surface area contributed by atoms with Crippen LogP contribution in [0.15, 0.2) is 0 Å². The maximum absolute atomic E-state index is 12.5. The highest BCUT2D eigenvalue weighted by Gasteiger charge is 2.40. The fourth-order valence-electron chi connectivity index (χ4n) is 2.45. The SMILES string of the molecule is CN(CC(CN)C(F)(F)F)CC1(O)CCCC1. The normalized spacial score (nSPS) is 22.1. The van der Waals surface area contributed by atoms with Crippen molar-refractivity contribution in [3.8, 4) is 0 Å². The Morgan fingerprint density at radius 2 is 1.88 bits per heavy atom. The van der Waals surface area contributed by atoms with Crippen LogP contribution in [-0.4, -0.2) is 48.5 Å². The Kier molecular flexibility index (Phi) is 4.80. The highest BCUT2D eigenvalue weighted by molar-refractivity contribution is 4.87. The predicted molar refractivity (Wildman–Crippen MR) is 59.5 cm³/mol. The van der Waals surface area contributed by atoms with Crippen molar-refractivity contribution in [2.24, 2.45) is 11.7 Å². The summed E-state index contributed by atoms with van der Waals surface area (Å²) in [6, 6.07) is 0. The topological polar surface area (TPSA) is 49.5 Å². The van der Waals surface area contributed by atoms with Crippen LogP contribution in [-0.2, 0) is 0 Å². The van der Waals surface area contributed by atoms with Gasteiger partial charge in [0, 0.05) is 19.6 Å². The predicted octanol–water partition coefficient (Wildman–Crippen LogP) is 1.36. The molecule has 1 unspecified atom stereocenters. The molecule has 0 aliphatic heterocycles. The summed E-state index contributed by atoms with van der Waals surface area (Å²) >= 11 is 0. The van der Waals surface area contributed by atoms with Gasteiger partial charge >= 0.3 is 6.18 Å². The third-order valence-corrected chi connectivity index (χ3v) is 3.38. The zero-order chi connectivity index (χ0) is 13.1. The first-order chi connectivity index (χ1) is 7.77. The van der Waals surface area contributed by atoms with Gasteiger partial charge in [-0.1, -0.05) is 12.8 Å². The van der Waals surface area contributed by atoms with Crippen LogP contribution in [0.25, 0.3) is 0 Å². The van der Waals surface area contributed by atoms with Gasteiger partial charge in [0.2, 0.25) is 0 Å². The molecule has 1 fully saturated rings. The highest BCUT2D eigenvalue weighted by Crippen LogP contribution is 2.31. The van der Waals surface area contributed by atoms with Crippen molar-refractivity contribution in [2.75, 3.05) is 26.7 Å². The zero-order valence-electron chi connectivity index (χ0n) is 10.1. The molecule has 0 heterocycles. The first kappa shape index (κ1) is 14.7. The number of nitrogens with zero attached hydrogens (tertiary/aromatic N) is 1. The standard InChI is InChI=1S/C11H21F3N2O/c1-16(7-9(6-15)11(12,13)14)8-10(17)4-2-3-5-10/h9,17H,2-8,15H2,1H3. The lowest BCUT2D eigenvalue weighted by molar-refractivity contribution is -0.177. The molecule has 0 amide bonds. The van der Waals surface area contributed by atoms with Crippen LogP contribution < -0.4 is 5.73 Å². The molecule has 6 heteroatoms. The van der Waals surface area contributed by atoms with Crippen LogP contribution >= 0.6 is 0 Å². The molecule has 102 valence electrons. The van der Waals surface area contributed by atoms with Gasteiger partial charge in [-0.25, -0.2) is 0 Å². The fourth-order valence-corrected chi connectivity index (χ4v) is 2.45. The Hall–Kier alpha value is -0.330. The van der Waals surface area contributed by atoms with E-state index in [4.69, 9.17) is 5.73 Å². The summed E-state index contributed by atoms with van der Waals surface area (Å²) in [5.41, 5.74) is 4.33. The Bertz CT molecular complexity index is 239. The lowest BCUT2D eigenvalue weighted by atomic mass is 10.0. The molecule has 0 aromatic heterocycles.